The van der Waals surface area contributed by atoms with Crippen LogP contribution in [0.5, 0.6) is 0 Å². The van der Waals surface area contributed by atoms with Crippen LogP contribution in [0.1, 0.15) is 167 Å². The maximum Gasteiger partial charge on any atom is 0.243 e. The van der Waals surface area contributed by atoms with Gasteiger partial charge in [-0.25, -0.2) is 0 Å². The summed E-state index contributed by atoms with van der Waals surface area (Å²) in [6, 6.07) is -8.56. The van der Waals surface area contributed by atoms with Crippen LogP contribution >= 0.6 is 0 Å². The van der Waals surface area contributed by atoms with Gasteiger partial charge < -0.3 is 59.7 Å². The summed E-state index contributed by atoms with van der Waals surface area (Å²) < 4.78 is 0. The van der Waals surface area contributed by atoms with Crippen molar-refractivity contribution in [2.45, 2.75) is 215 Å². The number of nitrogens with two attached hydrogens (primary N) is 3. The number of rotatable bonds is 36. The van der Waals surface area contributed by atoms with Gasteiger partial charge in [0.25, 0.3) is 0 Å². The Labute approximate surface area is 418 Å². The van der Waals surface area contributed by atoms with Gasteiger partial charge in [-0.3, -0.25) is 43.2 Å². The van der Waals surface area contributed by atoms with Gasteiger partial charge in [-0.05, 0) is 87.1 Å². The fraction of sp³-hybridized carbons (Fsp3) is 0.820. The van der Waals surface area contributed by atoms with E-state index in [4.69, 9.17) is 17.2 Å². The molecule has 404 valence electrons. The highest BCUT2D eigenvalue weighted by molar-refractivity contribution is 5.98. The molecule has 0 unspecified atom stereocenters. The summed E-state index contributed by atoms with van der Waals surface area (Å²) in [7, 11) is 0. The average Bonchev–Trinajstić information content (AvgIpc) is 3.33. The van der Waals surface area contributed by atoms with Gasteiger partial charge in [0, 0.05) is 6.92 Å². The molecule has 0 aliphatic heterocycles. The number of nitrogens with one attached hydrogen (secondary N) is 8. The van der Waals surface area contributed by atoms with Crippen molar-refractivity contribution in [1.29, 1.82) is 0 Å². The van der Waals surface area contributed by atoms with Crippen LogP contribution in [0.3, 0.4) is 0 Å². The van der Waals surface area contributed by atoms with Crippen molar-refractivity contribution >= 4 is 53.2 Å². The molecule has 0 radical (unpaired) electrons. The van der Waals surface area contributed by atoms with Gasteiger partial charge in [0.2, 0.25) is 53.2 Å². The van der Waals surface area contributed by atoms with Crippen LogP contribution in [0, 0.1) is 35.5 Å². The molecule has 0 rings (SSSR count). The number of hydrogen-bond acceptors (Lipinski definition) is 11. The molecule has 0 fully saturated rings. The molecule has 9 amide bonds. The first kappa shape index (κ1) is 65.1. The molecule has 0 spiro atoms. The largest absolute Gasteiger partial charge is 0.368 e. The molecule has 70 heavy (non-hydrogen) atoms. The highest BCUT2D eigenvalue weighted by atomic mass is 16.2. The van der Waals surface area contributed by atoms with Gasteiger partial charge in [0.05, 0.1) is 0 Å². The summed E-state index contributed by atoms with van der Waals surface area (Å²) in [5.74, 6) is -7.68. The van der Waals surface area contributed by atoms with Crippen molar-refractivity contribution in [2.24, 2.45) is 52.7 Å². The third kappa shape index (κ3) is 22.1. The van der Waals surface area contributed by atoms with E-state index in [2.05, 4.69) is 42.5 Å². The predicted octanol–water partition coefficient (Wildman–Crippen LogP) is 1.90. The molecular formula is C50H95N11O9. The molecule has 20 nitrogen and oxygen atoms in total. The van der Waals surface area contributed by atoms with Crippen molar-refractivity contribution in [3.63, 3.8) is 0 Å². The molecule has 14 N–H and O–H groups in total. The maximum absolute atomic E-state index is 14.4. The minimum Gasteiger partial charge on any atom is -0.368 e. The van der Waals surface area contributed by atoms with E-state index in [0.717, 1.165) is 0 Å². The zero-order valence-electron chi connectivity index (χ0n) is 44.9. The summed E-state index contributed by atoms with van der Waals surface area (Å²) >= 11 is 0. The Bertz CT molecular complexity index is 1670. The number of amides is 9. The van der Waals surface area contributed by atoms with Crippen LogP contribution in [0.2, 0.25) is 0 Å². The number of unbranched alkanes of at least 4 members (excludes halogenated alkanes) is 2. The first-order chi connectivity index (χ1) is 32.9. The normalized spacial score (nSPS) is 17.4. The van der Waals surface area contributed by atoms with E-state index < -0.39 is 119 Å². The summed E-state index contributed by atoms with van der Waals surface area (Å²) in [6.45, 7) is 24.0. The molecule has 0 aliphatic carbocycles. The lowest BCUT2D eigenvalue weighted by Gasteiger charge is -2.33. The van der Waals surface area contributed by atoms with E-state index in [1.807, 2.05) is 48.5 Å². The van der Waals surface area contributed by atoms with Gasteiger partial charge >= 0.3 is 0 Å². The molecule has 0 bridgehead atoms. The molecule has 14 atom stereocenters. The van der Waals surface area contributed by atoms with Gasteiger partial charge in [-0.1, -0.05) is 122 Å². The van der Waals surface area contributed by atoms with Crippen LogP contribution in [0.25, 0.3) is 0 Å². The van der Waals surface area contributed by atoms with E-state index >= 15 is 0 Å². The smallest absolute Gasteiger partial charge is 0.243 e. The standard InChI is InChI=1S/C50H95N11O9/c1-14-28(7)37(54-34(13)62)46(66)58-39(30(9)16-3)48(68)60-41(32(11)18-5)50(70)61-42(33(12)19-6)49(69)59-40(31(10)17-4)47(67)57-38(29(8)15-2)45(65)56-36(25-21-23-27-52)44(64)55-35(43(53)63)24-20-22-26-51/h28-33,35-42H,14-27,51-52H2,1-13H3,(H2,53,63)(H,54,62)(H,55,64)(H,56,65)(H,57,67)(H,58,66)(H,59,69)(H,60,68)(H,61,70)/t28-,29-,30-,31-,32-,33-,35-,36-,37-,38-,39-,40-,41-,42-/m0/s1. The van der Waals surface area contributed by atoms with E-state index in [0.29, 0.717) is 77.3 Å². The van der Waals surface area contributed by atoms with Crippen molar-refractivity contribution in [3.8, 4) is 0 Å². The quantitative estimate of drug-likeness (QED) is 0.0403. The molecule has 0 saturated heterocycles. The first-order valence-corrected chi connectivity index (χ1v) is 26.0. The highest BCUT2D eigenvalue weighted by Gasteiger charge is 2.39. The topological polar surface area (TPSA) is 328 Å². The van der Waals surface area contributed by atoms with E-state index in [1.165, 1.54) is 6.92 Å². The number of hydrogen-bond donors (Lipinski definition) is 11. The van der Waals surface area contributed by atoms with E-state index in [1.54, 1.807) is 34.6 Å². The van der Waals surface area contributed by atoms with E-state index in [-0.39, 0.29) is 30.6 Å². The van der Waals surface area contributed by atoms with Crippen LogP contribution in [-0.4, -0.2) is 115 Å². The Balaban J connectivity index is 6.73. The average molecular weight is 994 g/mol. The van der Waals surface area contributed by atoms with E-state index in [9.17, 15) is 43.2 Å². The van der Waals surface area contributed by atoms with Crippen LogP contribution in [-0.2, 0) is 43.2 Å². The van der Waals surface area contributed by atoms with Gasteiger partial charge in [0.15, 0.2) is 0 Å². The third-order valence-corrected chi connectivity index (χ3v) is 14.0. The fourth-order valence-corrected chi connectivity index (χ4v) is 7.72. The monoisotopic (exact) mass is 994 g/mol. The first-order valence-electron chi connectivity index (χ1n) is 26.0. The predicted molar refractivity (Wildman–Crippen MR) is 273 cm³/mol. The Morgan fingerprint density at radius 1 is 0.343 bits per heavy atom. The SMILES string of the molecule is CC[C@H](C)[C@H](NC(C)=O)C(=O)N[C@H](C(=O)N[C@H](C(=O)N[C@H](C(=O)N[C@H](C(=O)N[C@H](C(=O)N[C@@H](CCCCN)C(=O)N[C@@H](CCCCN)C(N)=O)[C@@H](C)CC)[C@@H](C)CC)[C@@H](C)CC)[C@@H](C)CC)[C@@H](C)CC. The maximum atomic E-state index is 14.4. The van der Waals surface area contributed by atoms with Crippen molar-refractivity contribution in [3.05, 3.63) is 0 Å². The number of carbonyl (C=O) groups excluding carboxylic acids is 9. The zero-order chi connectivity index (χ0) is 53.8. The molecule has 0 aromatic heterocycles. The zero-order valence-corrected chi connectivity index (χ0v) is 44.9. The minimum absolute atomic E-state index is 0.202. The van der Waals surface area contributed by atoms with Gasteiger partial charge in [-0.15, -0.1) is 0 Å². The Morgan fingerprint density at radius 3 is 0.800 bits per heavy atom. The van der Waals surface area contributed by atoms with Crippen molar-refractivity contribution in [1.82, 2.24) is 42.5 Å². The number of primary amides is 1. The summed E-state index contributed by atoms with van der Waals surface area (Å²) in [5.41, 5.74) is 16.9. The molecular weight excluding hydrogens is 899 g/mol. The van der Waals surface area contributed by atoms with Crippen LogP contribution in [0.4, 0.5) is 0 Å². The summed E-state index contributed by atoms with van der Waals surface area (Å²) in [5, 5.41) is 22.5. The Hall–Kier alpha value is -4.85. The third-order valence-electron chi connectivity index (χ3n) is 14.0. The lowest BCUT2D eigenvalue weighted by Crippen LogP contribution is -2.63. The fourth-order valence-electron chi connectivity index (χ4n) is 7.72. The van der Waals surface area contributed by atoms with Crippen molar-refractivity contribution < 1.29 is 43.2 Å². The Kier molecular flexibility index (Phi) is 32.1. The van der Waals surface area contributed by atoms with Gasteiger partial charge in [0.1, 0.15) is 48.3 Å². The highest BCUT2D eigenvalue weighted by Crippen LogP contribution is 2.18. The molecule has 0 aromatic carbocycles. The Morgan fingerprint density at radius 2 is 0.571 bits per heavy atom. The lowest BCUT2D eigenvalue weighted by atomic mass is 9.92. The van der Waals surface area contributed by atoms with Gasteiger partial charge in [-0.2, -0.15) is 0 Å². The summed E-state index contributed by atoms with van der Waals surface area (Å²) in [4.78, 5) is 123. The van der Waals surface area contributed by atoms with Crippen LogP contribution < -0.4 is 59.7 Å². The number of carbonyl (C=O) groups is 9. The second-order valence-corrected chi connectivity index (χ2v) is 19.5. The molecule has 0 aromatic rings. The molecule has 20 heteroatoms. The molecule has 0 heterocycles. The second kappa shape index (κ2) is 34.5. The molecule has 0 aliphatic rings. The summed E-state index contributed by atoms with van der Waals surface area (Å²) in [6.07, 6.45) is 5.66. The van der Waals surface area contributed by atoms with Crippen LogP contribution in [0.15, 0.2) is 0 Å². The van der Waals surface area contributed by atoms with Crippen molar-refractivity contribution in [2.75, 3.05) is 13.1 Å². The second-order valence-electron chi connectivity index (χ2n) is 19.5. The minimum atomic E-state index is -1.16. The molecule has 0 saturated carbocycles. The lowest BCUT2D eigenvalue weighted by molar-refractivity contribution is -0.138.